The molecule has 0 bridgehead atoms. The molecular formula is C11H17BrN2O2S2. The zero-order valence-corrected chi connectivity index (χ0v) is 13.8. The van der Waals surface area contributed by atoms with E-state index in [-0.39, 0.29) is 12.1 Å². The van der Waals surface area contributed by atoms with Crippen LogP contribution in [0.15, 0.2) is 14.1 Å². The van der Waals surface area contributed by atoms with Gasteiger partial charge in [-0.25, -0.2) is 8.42 Å². The number of hydrogen-bond acceptors (Lipinski definition) is 4. The molecule has 0 amide bonds. The highest BCUT2D eigenvalue weighted by Gasteiger charge is 2.35. The average Bonchev–Trinajstić information content (AvgIpc) is 2.63. The summed E-state index contributed by atoms with van der Waals surface area (Å²) >= 11 is 4.67. The van der Waals surface area contributed by atoms with E-state index < -0.39 is 10.0 Å². The van der Waals surface area contributed by atoms with Gasteiger partial charge >= 0.3 is 0 Å². The molecule has 0 radical (unpaired) electrons. The summed E-state index contributed by atoms with van der Waals surface area (Å²) in [6.07, 6.45) is 0. The Kier molecular flexibility index (Phi) is 4.18. The predicted molar refractivity (Wildman–Crippen MR) is 77.6 cm³/mol. The van der Waals surface area contributed by atoms with E-state index in [2.05, 4.69) is 21.2 Å². The summed E-state index contributed by atoms with van der Waals surface area (Å²) in [6, 6.07) is 1.90. The van der Waals surface area contributed by atoms with Crippen LogP contribution in [-0.2, 0) is 10.0 Å². The number of halogens is 1. The minimum atomic E-state index is -3.36. The summed E-state index contributed by atoms with van der Waals surface area (Å²) in [5.41, 5.74) is 0.967. The van der Waals surface area contributed by atoms with Crippen molar-refractivity contribution in [3.63, 3.8) is 0 Å². The van der Waals surface area contributed by atoms with Crippen LogP contribution in [0.5, 0.6) is 0 Å². The summed E-state index contributed by atoms with van der Waals surface area (Å²) in [4.78, 5) is 0. The van der Waals surface area contributed by atoms with E-state index in [4.69, 9.17) is 0 Å². The molecule has 2 rings (SSSR count). The van der Waals surface area contributed by atoms with Crippen LogP contribution >= 0.6 is 27.3 Å². The van der Waals surface area contributed by atoms with Gasteiger partial charge in [0, 0.05) is 25.2 Å². The van der Waals surface area contributed by atoms with Crippen LogP contribution in [-0.4, -0.2) is 37.9 Å². The molecule has 1 saturated heterocycles. The van der Waals surface area contributed by atoms with Gasteiger partial charge in [-0.15, -0.1) is 11.3 Å². The first-order chi connectivity index (χ1) is 8.34. The molecule has 1 aliphatic rings. The molecule has 0 aromatic carbocycles. The molecule has 102 valence electrons. The molecular weight excluding hydrogens is 336 g/mol. The zero-order valence-electron chi connectivity index (χ0n) is 10.6. The summed E-state index contributed by atoms with van der Waals surface area (Å²) in [6.45, 7) is 7.11. The molecule has 1 N–H and O–H groups in total. The van der Waals surface area contributed by atoms with Crippen LogP contribution in [0.4, 0.5) is 0 Å². The Morgan fingerprint density at radius 1 is 1.50 bits per heavy atom. The van der Waals surface area contributed by atoms with E-state index >= 15 is 0 Å². The van der Waals surface area contributed by atoms with Gasteiger partial charge in [-0.05, 0) is 48.3 Å². The Morgan fingerprint density at radius 2 is 2.17 bits per heavy atom. The van der Waals surface area contributed by atoms with Crippen LogP contribution in [0.25, 0.3) is 0 Å². The van der Waals surface area contributed by atoms with Crippen molar-refractivity contribution >= 4 is 37.3 Å². The van der Waals surface area contributed by atoms with Crippen molar-refractivity contribution in [1.29, 1.82) is 0 Å². The smallest absolute Gasteiger partial charge is 0.252 e. The van der Waals surface area contributed by atoms with Crippen molar-refractivity contribution in [3.8, 4) is 0 Å². The first-order valence-electron chi connectivity index (χ1n) is 5.85. The lowest BCUT2D eigenvalue weighted by molar-refractivity contribution is 0.233. The minimum Gasteiger partial charge on any atom is -0.311 e. The summed E-state index contributed by atoms with van der Waals surface area (Å²) in [7, 11) is -3.36. The minimum absolute atomic E-state index is 0.0232. The number of aryl methyl sites for hydroxylation is 1. The second-order valence-electron chi connectivity index (χ2n) is 4.62. The van der Waals surface area contributed by atoms with E-state index in [0.29, 0.717) is 17.3 Å². The maximum atomic E-state index is 12.6. The van der Waals surface area contributed by atoms with E-state index in [1.165, 1.54) is 11.3 Å². The Hall–Kier alpha value is 0.0500. The van der Waals surface area contributed by atoms with Gasteiger partial charge in [-0.1, -0.05) is 0 Å². The van der Waals surface area contributed by atoms with Crippen LogP contribution in [0.1, 0.15) is 19.4 Å². The van der Waals surface area contributed by atoms with E-state index in [1.54, 1.807) is 10.4 Å². The number of nitrogens with zero attached hydrogens (tertiary/aromatic N) is 1. The molecule has 1 aromatic rings. The van der Waals surface area contributed by atoms with Gasteiger partial charge in [-0.3, -0.25) is 0 Å². The fourth-order valence-electron chi connectivity index (χ4n) is 2.04. The fraction of sp³-hybridized carbons (Fsp3) is 0.636. The molecule has 1 aromatic heterocycles. The summed E-state index contributed by atoms with van der Waals surface area (Å²) < 4.78 is 28.1. The largest absolute Gasteiger partial charge is 0.311 e. The SMILES string of the molecule is Cc1cc(S(=O)(=O)N2CCNC(C)C2C)sc1Br. The molecule has 4 nitrogen and oxygen atoms in total. The number of nitrogens with one attached hydrogen (secondary N) is 1. The van der Waals surface area contributed by atoms with Gasteiger partial charge in [0.1, 0.15) is 4.21 Å². The average molecular weight is 353 g/mol. The molecule has 7 heteroatoms. The third-order valence-corrected chi connectivity index (χ3v) is 7.95. The van der Waals surface area contributed by atoms with Crippen molar-refractivity contribution in [3.05, 3.63) is 15.4 Å². The van der Waals surface area contributed by atoms with Crippen LogP contribution in [0.3, 0.4) is 0 Å². The second-order valence-corrected chi connectivity index (χ2v) is 9.11. The first kappa shape index (κ1) is 14.5. The standard InChI is InChI=1S/C11H17BrN2O2S2/c1-7-6-10(17-11(7)12)18(15,16)14-5-4-13-8(2)9(14)3/h6,8-9,13H,4-5H2,1-3H3. The highest BCUT2D eigenvalue weighted by atomic mass is 79.9. The highest BCUT2D eigenvalue weighted by Crippen LogP contribution is 2.33. The topological polar surface area (TPSA) is 49.4 Å². The second kappa shape index (κ2) is 5.20. The summed E-state index contributed by atoms with van der Waals surface area (Å²) in [5.74, 6) is 0. The normalized spacial score (nSPS) is 26.4. The zero-order chi connectivity index (χ0) is 13.5. The molecule has 0 aliphatic carbocycles. The third-order valence-electron chi connectivity index (χ3n) is 3.37. The van der Waals surface area contributed by atoms with Crippen molar-refractivity contribution in [2.45, 2.75) is 37.1 Å². The van der Waals surface area contributed by atoms with Crippen LogP contribution in [0, 0.1) is 6.92 Å². The van der Waals surface area contributed by atoms with Crippen LogP contribution < -0.4 is 5.32 Å². The molecule has 18 heavy (non-hydrogen) atoms. The lowest BCUT2D eigenvalue weighted by Crippen LogP contribution is -2.56. The first-order valence-corrected chi connectivity index (χ1v) is 8.90. The Balaban J connectivity index is 2.36. The maximum Gasteiger partial charge on any atom is 0.252 e. The monoisotopic (exact) mass is 352 g/mol. The summed E-state index contributed by atoms with van der Waals surface area (Å²) in [5, 5.41) is 3.29. The molecule has 0 saturated carbocycles. The number of hydrogen-bond donors (Lipinski definition) is 1. The van der Waals surface area contributed by atoms with Gasteiger partial charge in [-0.2, -0.15) is 4.31 Å². The number of sulfonamides is 1. The van der Waals surface area contributed by atoms with Gasteiger partial charge in [0.15, 0.2) is 0 Å². The molecule has 1 fully saturated rings. The molecule has 0 spiro atoms. The predicted octanol–water partition coefficient (Wildman–Crippen LogP) is 2.19. The highest BCUT2D eigenvalue weighted by molar-refractivity contribution is 9.11. The van der Waals surface area contributed by atoms with Gasteiger partial charge in [0.2, 0.25) is 0 Å². The molecule has 1 aliphatic heterocycles. The lowest BCUT2D eigenvalue weighted by atomic mass is 10.1. The van der Waals surface area contributed by atoms with Gasteiger partial charge in [0.05, 0.1) is 3.79 Å². The van der Waals surface area contributed by atoms with Crippen molar-refractivity contribution < 1.29 is 8.42 Å². The number of rotatable bonds is 2. The van der Waals surface area contributed by atoms with Crippen LogP contribution in [0.2, 0.25) is 0 Å². The Labute approximate surface area is 121 Å². The third kappa shape index (κ3) is 2.51. The van der Waals surface area contributed by atoms with E-state index in [0.717, 1.165) is 9.35 Å². The Morgan fingerprint density at radius 3 is 2.72 bits per heavy atom. The molecule has 2 heterocycles. The lowest BCUT2D eigenvalue weighted by Gasteiger charge is -2.37. The van der Waals surface area contributed by atoms with Gasteiger partial charge < -0.3 is 5.32 Å². The molecule has 2 atom stereocenters. The quantitative estimate of drug-likeness (QED) is 0.887. The number of thiophene rings is 1. The number of piperazine rings is 1. The van der Waals surface area contributed by atoms with E-state index in [1.807, 2.05) is 20.8 Å². The van der Waals surface area contributed by atoms with Crippen molar-refractivity contribution in [2.75, 3.05) is 13.1 Å². The molecule has 2 unspecified atom stereocenters. The van der Waals surface area contributed by atoms with Crippen molar-refractivity contribution in [1.82, 2.24) is 9.62 Å². The van der Waals surface area contributed by atoms with Gasteiger partial charge in [0.25, 0.3) is 10.0 Å². The Bertz CT molecular complexity index is 522. The van der Waals surface area contributed by atoms with Crippen molar-refractivity contribution in [2.24, 2.45) is 0 Å². The fourth-order valence-corrected chi connectivity index (χ4v) is 6.10. The van der Waals surface area contributed by atoms with E-state index in [9.17, 15) is 8.42 Å². The maximum absolute atomic E-state index is 12.6.